The van der Waals surface area contributed by atoms with Gasteiger partial charge in [-0.15, -0.1) is 11.3 Å². The second kappa shape index (κ2) is 7.39. The van der Waals surface area contributed by atoms with E-state index in [0.29, 0.717) is 0 Å². The van der Waals surface area contributed by atoms with Crippen molar-refractivity contribution in [1.82, 2.24) is 10.3 Å². The molecule has 0 bridgehead atoms. The Kier molecular flexibility index (Phi) is 4.83. The number of nitrogens with zero attached hydrogens (tertiary/aromatic N) is 2. The first-order chi connectivity index (χ1) is 12.3. The Morgan fingerprint density at radius 1 is 1.28 bits per heavy atom. The van der Waals surface area contributed by atoms with Gasteiger partial charge in [-0.1, -0.05) is 23.9 Å². The average Bonchev–Trinajstić information content (AvgIpc) is 3.31. The summed E-state index contributed by atoms with van der Waals surface area (Å²) in [5.41, 5.74) is 2.13. The van der Waals surface area contributed by atoms with Gasteiger partial charge in [0.2, 0.25) is 0 Å². The first-order valence-electron chi connectivity index (χ1n) is 7.92. The molecule has 1 unspecified atom stereocenters. The monoisotopic (exact) mass is 367 g/mol. The van der Waals surface area contributed by atoms with Gasteiger partial charge in [-0.3, -0.25) is 15.3 Å². The third kappa shape index (κ3) is 3.76. The number of rotatable bonds is 5. The number of aromatic nitrogens is 1. The van der Waals surface area contributed by atoms with Crippen LogP contribution in [-0.2, 0) is 6.54 Å². The van der Waals surface area contributed by atoms with E-state index in [1.54, 1.807) is 36.4 Å². The summed E-state index contributed by atoms with van der Waals surface area (Å²) < 4.78 is 5.44. The van der Waals surface area contributed by atoms with Crippen molar-refractivity contribution in [2.75, 3.05) is 7.11 Å². The Balaban J connectivity index is 1.48. The Labute approximate surface area is 154 Å². The molecule has 0 amide bonds. The van der Waals surface area contributed by atoms with Crippen molar-refractivity contribution in [3.8, 4) is 5.75 Å². The number of thiophene rings is 1. The highest BCUT2D eigenvalue weighted by atomic mass is 32.2. The zero-order chi connectivity index (χ0) is 17.1. The lowest BCUT2D eigenvalue weighted by Gasteiger charge is -2.08. The third-order valence-electron chi connectivity index (χ3n) is 3.87. The van der Waals surface area contributed by atoms with Gasteiger partial charge in [-0.05, 0) is 41.3 Å². The second-order valence-electron chi connectivity index (χ2n) is 5.55. The summed E-state index contributed by atoms with van der Waals surface area (Å²) in [5, 5.41) is 6.57. The molecular formula is C19H17N3OS2. The molecule has 0 aliphatic carbocycles. The van der Waals surface area contributed by atoms with E-state index in [0.717, 1.165) is 33.7 Å². The summed E-state index contributed by atoms with van der Waals surface area (Å²) in [4.78, 5) is 11.4. The number of ether oxygens (including phenoxy) is 1. The highest BCUT2D eigenvalue weighted by Crippen LogP contribution is 2.30. The molecule has 4 nitrogen and oxygen atoms in total. The van der Waals surface area contributed by atoms with E-state index >= 15 is 0 Å². The summed E-state index contributed by atoms with van der Waals surface area (Å²) in [6, 6.07) is 12.3. The van der Waals surface area contributed by atoms with Gasteiger partial charge in [0.25, 0.3) is 0 Å². The van der Waals surface area contributed by atoms with Crippen LogP contribution in [0.25, 0.3) is 17.0 Å². The molecule has 1 aromatic carbocycles. The molecule has 0 saturated heterocycles. The first kappa shape index (κ1) is 16.3. The van der Waals surface area contributed by atoms with E-state index in [9.17, 15) is 0 Å². The molecule has 0 fully saturated rings. The Morgan fingerprint density at radius 3 is 3.08 bits per heavy atom. The van der Waals surface area contributed by atoms with Crippen molar-refractivity contribution in [3.05, 3.63) is 63.3 Å². The van der Waals surface area contributed by atoms with Crippen molar-refractivity contribution in [2.24, 2.45) is 4.99 Å². The maximum atomic E-state index is 5.44. The van der Waals surface area contributed by atoms with Crippen LogP contribution < -0.4 is 10.1 Å². The van der Waals surface area contributed by atoms with E-state index in [2.05, 4.69) is 51.0 Å². The molecule has 0 saturated carbocycles. The summed E-state index contributed by atoms with van der Waals surface area (Å²) >= 11 is 3.49. The molecule has 6 heteroatoms. The zero-order valence-electron chi connectivity index (χ0n) is 13.7. The molecule has 1 aliphatic heterocycles. The maximum Gasteiger partial charge on any atom is 0.151 e. The molecular weight excluding hydrogens is 350 g/mol. The SMILES string of the molecule is COc1ccnc2ccc(/C=C3/C=NC(NCc4cccs4)S3)cc12. The molecule has 25 heavy (non-hydrogen) atoms. The molecule has 1 atom stereocenters. The van der Waals surface area contributed by atoms with E-state index in [1.165, 1.54) is 4.88 Å². The predicted molar refractivity (Wildman–Crippen MR) is 107 cm³/mol. The van der Waals surface area contributed by atoms with Gasteiger partial charge in [0, 0.05) is 34.1 Å². The fourth-order valence-corrected chi connectivity index (χ4v) is 4.20. The quantitative estimate of drug-likeness (QED) is 0.719. The van der Waals surface area contributed by atoms with Gasteiger partial charge in [0.15, 0.2) is 5.50 Å². The third-order valence-corrected chi connectivity index (χ3v) is 5.75. The van der Waals surface area contributed by atoms with Crippen LogP contribution in [0.4, 0.5) is 0 Å². The number of thioether (sulfide) groups is 1. The first-order valence-corrected chi connectivity index (χ1v) is 9.68. The van der Waals surface area contributed by atoms with Gasteiger partial charge < -0.3 is 4.74 Å². The topological polar surface area (TPSA) is 46.5 Å². The largest absolute Gasteiger partial charge is 0.496 e. The van der Waals surface area contributed by atoms with E-state index in [1.807, 2.05) is 18.3 Å². The minimum Gasteiger partial charge on any atom is -0.496 e. The standard InChI is InChI=1S/C19H17N3OS2/c1-23-18-6-7-20-17-5-4-13(10-16(17)18)9-15-12-22-19(25-15)21-11-14-3-2-8-24-14/h2-10,12,19,21H,11H2,1H3/b15-9-. The maximum absolute atomic E-state index is 5.44. The number of fused-ring (bicyclic) bond motifs is 1. The van der Waals surface area contributed by atoms with E-state index in [-0.39, 0.29) is 5.50 Å². The summed E-state index contributed by atoms with van der Waals surface area (Å²) in [6.07, 6.45) is 5.84. The van der Waals surface area contributed by atoms with Gasteiger partial charge in [-0.2, -0.15) is 0 Å². The number of allylic oxidation sites excluding steroid dienone is 1. The van der Waals surface area contributed by atoms with Crippen molar-refractivity contribution >= 4 is 46.3 Å². The van der Waals surface area contributed by atoms with Crippen LogP contribution in [0.3, 0.4) is 0 Å². The number of pyridine rings is 1. The fraction of sp³-hybridized carbons (Fsp3) is 0.158. The molecule has 3 heterocycles. The Morgan fingerprint density at radius 2 is 2.24 bits per heavy atom. The van der Waals surface area contributed by atoms with Crippen LogP contribution >= 0.6 is 23.1 Å². The number of methoxy groups -OCH3 is 1. The lowest BCUT2D eigenvalue weighted by atomic mass is 10.1. The van der Waals surface area contributed by atoms with Gasteiger partial charge in [0.1, 0.15) is 5.75 Å². The Hall–Kier alpha value is -2.15. The zero-order valence-corrected chi connectivity index (χ0v) is 15.3. The van der Waals surface area contributed by atoms with E-state index < -0.39 is 0 Å². The molecule has 2 aromatic heterocycles. The summed E-state index contributed by atoms with van der Waals surface area (Å²) in [6.45, 7) is 0.846. The summed E-state index contributed by atoms with van der Waals surface area (Å²) in [5.74, 6) is 0.841. The highest BCUT2D eigenvalue weighted by molar-refractivity contribution is 8.04. The second-order valence-corrected chi connectivity index (χ2v) is 7.73. The van der Waals surface area contributed by atoms with Crippen LogP contribution in [0, 0.1) is 0 Å². The molecule has 3 aromatic rings. The lowest BCUT2D eigenvalue weighted by molar-refractivity contribution is 0.419. The molecule has 0 spiro atoms. The van der Waals surface area contributed by atoms with Gasteiger partial charge in [0.05, 0.1) is 12.6 Å². The average molecular weight is 367 g/mol. The minimum absolute atomic E-state index is 0.0741. The van der Waals surface area contributed by atoms with Crippen LogP contribution in [0.1, 0.15) is 10.4 Å². The molecule has 1 N–H and O–H groups in total. The van der Waals surface area contributed by atoms with Gasteiger partial charge >= 0.3 is 0 Å². The number of benzene rings is 1. The van der Waals surface area contributed by atoms with Crippen LogP contribution in [0.2, 0.25) is 0 Å². The highest BCUT2D eigenvalue weighted by Gasteiger charge is 2.15. The number of hydrogen-bond acceptors (Lipinski definition) is 6. The summed E-state index contributed by atoms with van der Waals surface area (Å²) in [7, 11) is 1.68. The Bertz CT molecular complexity index is 935. The van der Waals surface area contributed by atoms with Crippen LogP contribution in [-0.4, -0.2) is 23.8 Å². The van der Waals surface area contributed by atoms with Gasteiger partial charge in [-0.25, -0.2) is 0 Å². The van der Waals surface area contributed by atoms with Crippen molar-refractivity contribution < 1.29 is 4.74 Å². The number of aliphatic imine (C=N–C) groups is 1. The van der Waals surface area contributed by atoms with Crippen molar-refractivity contribution in [3.63, 3.8) is 0 Å². The van der Waals surface area contributed by atoms with Crippen molar-refractivity contribution in [1.29, 1.82) is 0 Å². The van der Waals surface area contributed by atoms with E-state index in [4.69, 9.17) is 4.74 Å². The van der Waals surface area contributed by atoms with Crippen LogP contribution in [0.15, 0.2) is 57.9 Å². The number of hydrogen-bond donors (Lipinski definition) is 1. The smallest absolute Gasteiger partial charge is 0.151 e. The predicted octanol–water partition coefficient (Wildman–Crippen LogP) is 4.54. The normalized spacial score (nSPS) is 18.3. The molecule has 126 valence electrons. The molecule has 1 aliphatic rings. The molecule has 0 radical (unpaired) electrons. The minimum atomic E-state index is 0.0741. The number of nitrogens with one attached hydrogen (secondary N) is 1. The van der Waals surface area contributed by atoms with Crippen molar-refractivity contribution in [2.45, 2.75) is 12.0 Å². The molecule has 4 rings (SSSR count). The van der Waals surface area contributed by atoms with Crippen LogP contribution in [0.5, 0.6) is 5.75 Å². The fourth-order valence-electron chi connectivity index (χ4n) is 2.67. The lowest BCUT2D eigenvalue weighted by Crippen LogP contribution is -2.20.